The number of hydrogen-bond donors (Lipinski definition) is 1. The molecule has 0 aliphatic carbocycles. The van der Waals surface area contributed by atoms with Gasteiger partial charge in [-0.15, -0.1) is 11.3 Å². The van der Waals surface area contributed by atoms with Crippen LogP contribution in [0.1, 0.15) is 22.7 Å². The summed E-state index contributed by atoms with van der Waals surface area (Å²) in [6.45, 7) is 4.75. The van der Waals surface area contributed by atoms with E-state index < -0.39 is 0 Å². The van der Waals surface area contributed by atoms with Crippen molar-refractivity contribution < 1.29 is 9.59 Å². The lowest BCUT2D eigenvalue weighted by atomic mass is 10.1. The summed E-state index contributed by atoms with van der Waals surface area (Å²) < 4.78 is 0. The zero-order chi connectivity index (χ0) is 16.4. The first-order valence-corrected chi connectivity index (χ1v) is 8.27. The van der Waals surface area contributed by atoms with E-state index in [0.717, 1.165) is 16.3 Å². The minimum atomic E-state index is -0.337. The van der Waals surface area contributed by atoms with E-state index in [0.29, 0.717) is 18.2 Å². The van der Waals surface area contributed by atoms with Crippen molar-refractivity contribution >= 4 is 28.3 Å². The Hall–Kier alpha value is -2.28. The molecule has 23 heavy (non-hydrogen) atoms. The van der Waals surface area contributed by atoms with Crippen molar-refractivity contribution in [2.45, 2.75) is 26.8 Å². The van der Waals surface area contributed by atoms with Gasteiger partial charge in [0.15, 0.2) is 5.13 Å². The number of rotatable bonds is 4. The van der Waals surface area contributed by atoms with Gasteiger partial charge in [0.1, 0.15) is 0 Å². The lowest BCUT2D eigenvalue weighted by molar-refractivity contribution is -0.128. The molecule has 1 N–H and O–H groups in total. The number of thiazole rings is 1. The van der Waals surface area contributed by atoms with E-state index in [1.807, 2.05) is 32.0 Å². The Kier molecular flexibility index (Phi) is 4.38. The Morgan fingerprint density at radius 1 is 1.43 bits per heavy atom. The highest BCUT2D eigenvalue weighted by atomic mass is 32.1. The predicted molar refractivity (Wildman–Crippen MR) is 88.0 cm³/mol. The summed E-state index contributed by atoms with van der Waals surface area (Å²) in [6, 6.07) is 5.60. The molecule has 0 spiro atoms. The second-order valence-corrected chi connectivity index (χ2v) is 6.85. The highest BCUT2D eigenvalue weighted by Crippen LogP contribution is 2.24. The Morgan fingerprint density at radius 2 is 2.26 bits per heavy atom. The van der Waals surface area contributed by atoms with Crippen LogP contribution >= 0.6 is 11.3 Å². The number of anilines is 1. The molecule has 2 amide bonds. The van der Waals surface area contributed by atoms with Gasteiger partial charge < -0.3 is 10.2 Å². The average Bonchev–Trinajstić information content (AvgIpc) is 3.03. The molecule has 120 valence electrons. The standard InChI is InChI=1S/C16H18N4O2S/c1-10-11(2)23-16(18-10)19-15(22)12-7-14(21)20(8-12)9-13-5-3-4-6-17-13/h3-6,12H,7-9H2,1-2H3,(H,18,19,22). The number of carbonyl (C=O) groups is 2. The molecule has 6 nitrogen and oxygen atoms in total. The summed E-state index contributed by atoms with van der Waals surface area (Å²) in [5.41, 5.74) is 1.75. The zero-order valence-corrected chi connectivity index (χ0v) is 13.9. The second kappa shape index (κ2) is 6.45. The molecule has 1 aliphatic heterocycles. The molecule has 1 aliphatic rings. The summed E-state index contributed by atoms with van der Waals surface area (Å²) >= 11 is 1.45. The van der Waals surface area contributed by atoms with E-state index in [1.54, 1.807) is 11.1 Å². The van der Waals surface area contributed by atoms with Crippen LogP contribution in [-0.2, 0) is 16.1 Å². The second-order valence-electron chi connectivity index (χ2n) is 5.65. The summed E-state index contributed by atoms with van der Waals surface area (Å²) in [6.07, 6.45) is 1.94. The van der Waals surface area contributed by atoms with Crippen molar-refractivity contribution in [3.63, 3.8) is 0 Å². The minimum Gasteiger partial charge on any atom is -0.336 e. The van der Waals surface area contributed by atoms with E-state index in [2.05, 4.69) is 15.3 Å². The first-order valence-electron chi connectivity index (χ1n) is 7.45. The van der Waals surface area contributed by atoms with Crippen LogP contribution in [0.2, 0.25) is 0 Å². The van der Waals surface area contributed by atoms with Gasteiger partial charge in [0.25, 0.3) is 0 Å². The molecule has 1 saturated heterocycles. The number of likely N-dealkylation sites (tertiary alicyclic amines) is 1. The van der Waals surface area contributed by atoms with Gasteiger partial charge >= 0.3 is 0 Å². The number of pyridine rings is 1. The van der Waals surface area contributed by atoms with Gasteiger partial charge in [-0.05, 0) is 26.0 Å². The molecule has 7 heteroatoms. The van der Waals surface area contributed by atoms with Gasteiger partial charge in [-0.3, -0.25) is 14.6 Å². The number of carbonyl (C=O) groups excluding carboxylic acids is 2. The summed E-state index contributed by atoms with van der Waals surface area (Å²) in [7, 11) is 0. The van der Waals surface area contributed by atoms with Crippen molar-refractivity contribution in [2.75, 3.05) is 11.9 Å². The Labute approximate surface area is 138 Å². The molecular formula is C16H18N4O2S. The van der Waals surface area contributed by atoms with Crippen LogP contribution in [0.15, 0.2) is 24.4 Å². The van der Waals surface area contributed by atoms with Crippen molar-refractivity contribution in [2.24, 2.45) is 5.92 Å². The van der Waals surface area contributed by atoms with E-state index in [1.165, 1.54) is 11.3 Å². The Bertz CT molecular complexity index is 709. The first-order chi connectivity index (χ1) is 11.0. The molecular weight excluding hydrogens is 312 g/mol. The molecule has 0 saturated carbocycles. The largest absolute Gasteiger partial charge is 0.336 e. The summed E-state index contributed by atoms with van der Waals surface area (Å²) in [5.74, 6) is -0.492. The zero-order valence-electron chi connectivity index (χ0n) is 13.1. The number of amides is 2. The minimum absolute atomic E-state index is 0.0118. The van der Waals surface area contributed by atoms with Crippen LogP contribution in [-0.4, -0.2) is 33.2 Å². The fourth-order valence-electron chi connectivity index (χ4n) is 2.52. The van der Waals surface area contributed by atoms with Crippen molar-refractivity contribution in [3.05, 3.63) is 40.7 Å². The SMILES string of the molecule is Cc1nc(NC(=O)C2CC(=O)N(Cc3ccccn3)C2)sc1C. The van der Waals surface area contributed by atoms with Crippen LogP contribution in [0, 0.1) is 19.8 Å². The van der Waals surface area contributed by atoms with Gasteiger partial charge in [0.2, 0.25) is 11.8 Å². The number of hydrogen-bond acceptors (Lipinski definition) is 5. The third-order valence-electron chi connectivity index (χ3n) is 3.92. The molecule has 3 heterocycles. The van der Waals surface area contributed by atoms with Crippen molar-refractivity contribution in [3.8, 4) is 0 Å². The van der Waals surface area contributed by atoms with E-state index in [9.17, 15) is 9.59 Å². The van der Waals surface area contributed by atoms with Crippen LogP contribution in [0.3, 0.4) is 0 Å². The summed E-state index contributed by atoms with van der Waals surface area (Å²) in [4.78, 5) is 35.7. The summed E-state index contributed by atoms with van der Waals surface area (Å²) in [5, 5.41) is 3.42. The van der Waals surface area contributed by atoms with Gasteiger partial charge in [-0.2, -0.15) is 0 Å². The quantitative estimate of drug-likeness (QED) is 0.932. The van der Waals surface area contributed by atoms with Crippen LogP contribution in [0.25, 0.3) is 0 Å². The third-order valence-corrected chi connectivity index (χ3v) is 4.91. The molecule has 3 rings (SSSR count). The molecule has 1 unspecified atom stereocenters. The molecule has 0 bridgehead atoms. The lowest BCUT2D eigenvalue weighted by Gasteiger charge is -2.15. The fourth-order valence-corrected chi connectivity index (χ4v) is 3.34. The maximum atomic E-state index is 12.3. The van der Waals surface area contributed by atoms with Gasteiger partial charge in [-0.1, -0.05) is 6.07 Å². The normalized spacial score (nSPS) is 17.6. The number of aryl methyl sites for hydroxylation is 2. The van der Waals surface area contributed by atoms with E-state index >= 15 is 0 Å². The maximum Gasteiger partial charge on any atom is 0.231 e. The van der Waals surface area contributed by atoms with Crippen LogP contribution < -0.4 is 5.32 Å². The number of aromatic nitrogens is 2. The lowest BCUT2D eigenvalue weighted by Crippen LogP contribution is -2.28. The highest BCUT2D eigenvalue weighted by molar-refractivity contribution is 7.15. The topological polar surface area (TPSA) is 75.2 Å². The maximum absolute atomic E-state index is 12.3. The molecule has 2 aromatic rings. The molecule has 1 fully saturated rings. The fraction of sp³-hybridized carbons (Fsp3) is 0.375. The predicted octanol–water partition coefficient (Wildman–Crippen LogP) is 2.14. The van der Waals surface area contributed by atoms with Crippen molar-refractivity contribution in [1.82, 2.24) is 14.9 Å². The average molecular weight is 330 g/mol. The molecule has 0 aromatic carbocycles. The Morgan fingerprint density at radius 3 is 2.91 bits per heavy atom. The third kappa shape index (κ3) is 3.56. The highest BCUT2D eigenvalue weighted by Gasteiger charge is 2.34. The van der Waals surface area contributed by atoms with Crippen LogP contribution in [0.4, 0.5) is 5.13 Å². The van der Waals surface area contributed by atoms with Crippen LogP contribution in [0.5, 0.6) is 0 Å². The molecule has 0 radical (unpaired) electrons. The van der Waals surface area contributed by atoms with Gasteiger partial charge in [-0.25, -0.2) is 4.98 Å². The van der Waals surface area contributed by atoms with Crippen molar-refractivity contribution in [1.29, 1.82) is 0 Å². The molecule has 2 aromatic heterocycles. The first kappa shape index (κ1) is 15.6. The van der Waals surface area contributed by atoms with E-state index in [4.69, 9.17) is 0 Å². The monoisotopic (exact) mass is 330 g/mol. The van der Waals surface area contributed by atoms with E-state index in [-0.39, 0.29) is 24.2 Å². The smallest absolute Gasteiger partial charge is 0.231 e. The number of nitrogens with one attached hydrogen (secondary N) is 1. The van der Waals surface area contributed by atoms with Gasteiger partial charge in [0.05, 0.1) is 23.9 Å². The van der Waals surface area contributed by atoms with Gasteiger partial charge in [0, 0.05) is 24.0 Å². The number of nitrogens with zero attached hydrogens (tertiary/aromatic N) is 3. The molecule has 1 atom stereocenters. The Balaban J connectivity index is 1.61.